The smallest absolute Gasteiger partial charge is 0.313 e. The molecule has 1 aromatic rings. The van der Waals surface area contributed by atoms with Crippen LogP contribution in [0.2, 0.25) is 0 Å². The Hall–Kier alpha value is -2.66. The van der Waals surface area contributed by atoms with Crippen molar-refractivity contribution in [3.8, 4) is 0 Å². The molecule has 2 aliphatic rings. The molecule has 0 bridgehead atoms. The molecule has 0 N–H and O–H groups in total. The molecule has 2 fully saturated rings. The molecule has 0 aliphatic carbocycles. The molecule has 0 radical (unpaired) electrons. The Morgan fingerprint density at radius 3 is 2.23 bits per heavy atom. The van der Waals surface area contributed by atoms with Gasteiger partial charge in [0, 0.05) is 0 Å². The van der Waals surface area contributed by atoms with Crippen LogP contribution in [0.3, 0.4) is 0 Å². The third-order valence-corrected chi connectivity index (χ3v) is 5.43. The molecule has 10 heteroatoms. The van der Waals surface area contributed by atoms with Gasteiger partial charge in [0.25, 0.3) is 0 Å². The van der Waals surface area contributed by atoms with Gasteiger partial charge in [-0.1, -0.05) is 29.8 Å². The van der Waals surface area contributed by atoms with E-state index in [-0.39, 0.29) is 18.2 Å². The Kier molecular flexibility index (Phi) is 8.76. The average Bonchev–Trinajstić information content (AvgIpc) is 3.21. The highest BCUT2D eigenvalue weighted by molar-refractivity contribution is 5.94. The maximum absolute atomic E-state index is 12.3. The van der Waals surface area contributed by atoms with Crippen molar-refractivity contribution in [3.63, 3.8) is 0 Å². The third kappa shape index (κ3) is 7.66. The number of carbonyl (C=O) groups is 4. The van der Waals surface area contributed by atoms with Crippen molar-refractivity contribution in [2.24, 2.45) is 0 Å². The van der Waals surface area contributed by atoms with Crippen molar-refractivity contribution in [2.75, 3.05) is 6.61 Å². The van der Waals surface area contributed by atoms with Gasteiger partial charge in [-0.3, -0.25) is 19.2 Å². The summed E-state index contributed by atoms with van der Waals surface area (Å²) in [5.41, 5.74) is 2.02. The van der Waals surface area contributed by atoms with Crippen LogP contribution < -0.4 is 0 Å². The minimum atomic E-state index is -1.12. The second-order valence-corrected chi connectivity index (χ2v) is 9.30. The molecule has 0 amide bonds. The largest absolute Gasteiger partial charge is 0.461 e. The minimum Gasteiger partial charge on any atom is -0.461 e. The van der Waals surface area contributed by atoms with Gasteiger partial charge in [-0.15, -0.1) is 0 Å². The van der Waals surface area contributed by atoms with Gasteiger partial charge in [-0.05, 0) is 40.2 Å². The van der Waals surface area contributed by atoms with Crippen LogP contribution in [0, 0.1) is 6.92 Å². The van der Waals surface area contributed by atoms with Crippen LogP contribution in [-0.4, -0.2) is 66.6 Å². The molecule has 0 aromatic heterocycles. The van der Waals surface area contributed by atoms with E-state index in [0.717, 1.165) is 11.1 Å². The number of esters is 2. The second kappa shape index (κ2) is 11.4. The minimum absolute atomic E-state index is 0.218. The lowest BCUT2D eigenvalue weighted by molar-refractivity contribution is -0.236. The van der Waals surface area contributed by atoms with E-state index in [1.165, 1.54) is 13.8 Å². The maximum Gasteiger partial charge on any atom is 0.313 e. The summed E-state index contributed by atoms with van der Waals surface area (Å²) >= 11 is 0. The number of hydrogen-bond acceptors (Lipinski definition) is 10. The van der Waals surface area contributed by atoms with Crippen molar-refractivity contribution in [1.29, 1.82) is 0 Å². The number of carbonyl (C=O) groups excluding carboxylic acids is 4. The summed E-state index contributed by atoms with van der Waals surface area (Å²) < 4.78 is 34.7. The molecule has 1 aromatic carbocycles. The van der Waals surface area contributed by atoms with E-state index in [1.54, 1.807) is 13.8 Å². The first-order valence-electron chi connectivity index (χ1n) is 11.5. The lowest BCUT2D eigenvalue weighted by atomic mass is 10.1. The fourth-order valence-corrected chi connectivity index (χ4v) is 3.91. The molecule has 2 saturated heterocycles. The SMILES string of the molecule is CC(=O)CC(=O)OC[C@@H](OC(=O)CC(C)=O)[C@H]1O[C@@H]2OC(C)(C)O[C@@H]2[C@H]1OCc1ccc(C)cc1. The molecule has 0 saturated carbocycles. The highest BCUT2D eigenvalue weighted by Gasteiger charge is 2.58. The highest BCUT2D eigenvalue weighted by atomic mass is 16.8. The van der Waals surface area contributed by atoms with Gasteiger partial charge >= 0.3 is 11.9 Å². The lowest BCUT2D eigenvalue weighted by Crippen LogP contribution is -2.46. The van der Waals surface area contributed by atoms with E-state index in [9.17, 15) is 19.2 Å². The molecule has 5 atom stereocenters. The summed E-state index contributed by atoms with van der Waals surface area (Å²) in [4.78, 5) is 46.9. The van der Waals surface area contributed by atoms with Gasteiger partial charge in [0.1, 0.15) is 49.3 Å². The van der Waals surface area contributed by atoms with Crippen molar-refractivity contribution >= 4 is 23.5 Å². The first-order chi connectivity index (χ1) is 16.4. The summed E-state index contributed by atoms with van der Waals surface area (Å²) in [7, 11) is 0. The van der Waals surface area contributed by atoms with Gasteiger partial charge in [-0.2, -0.15) is 0 Å². The van der Waals surface area contributed by atoms with Crippen LogP contribution in [-0.2, 0) is 54.2 Å². The number of ketones is 2. The first kappa shape index (κ1) is 26.9. The lowest BCUT2D eigenvalue weighted by Gasteiger charge is -2.30. The van der Waals surface area contributed by atoms with Gasteiger partial charge < -0.3 is 28.4 Å². The van der Waals surface area contributed by atoms with E-state index in [1.807, 2.05) is 31.2 Å². The molecule has 0 spiro atoms. The van der Waals surface area contributed by atoms with Crippen LogP contribution in [0.4, 0.5) is 0 Å². The maximum atomic E-state index is 12.3. The fraction of sp³-hybridized carbons (Fsp3) is 0.600. The quantitative estimate of drug-likeness (QED) is 0.335. The summed E-state index contributed by atoms with van der Waals surface area (Å²) in [5, 5.41) is 0. The van der Waals surface area contributed by atoms with E-state index in [0.29, 0.717) is 0 Å². The molecular formula is C25H32O10. The number of rotatable bonds is 11. The van der Waals surface area contributed by atoms with E-state index in [2.05, 4.69) is 0 Å². The van der Waals surface area contributed by atoms with Crippen LogP contribution in [0.5, 0.6) is 0 Å². The van der Waals surface area contributed by atoms with Crippen molar-refractivity contribution < 1.29 is 47.6 Å². The predicted octanol–water partition coefficient (Wildman–Crippen LogP) is 2.17. The number of aryl methyl sites for hydroxylation is 1. The summed E-state index contributed by atoms with van der Waals surface area (Å²) in [6.45, 7) is 7.82. The molecule has 2 aliphatic heterocycles. The number of Topliss-reactive ketones (excluding diaryl/α,β-unsaturated/α-hetero) is 2. The molecular weight excluding hydrogens is 460 g/mol. The summed E-state index contributed by atoms with van der Waals surface area (Å²) in [6, 6.07) is 7.79. The summed E-state index contributed by atoms with van der Waals surface area (Å²) in [5.74, 6) is -3.23. The van der Waals surface area contributed by atoms with Gasteiger partial charge in [0.05, 0.1) is 6.61 Å². The number of hydrogen-bond donors (Lipinski definition) is 0. The zero-order valence-corrected chi connectivity index (χ0v) is 20.6. The Balaban J connectivity index is 1.79. The molecule has 192 valence electrons. The van der Waals surface area contributed by atoms with Crippen LogP contribution in [0.25, 0.3) is 0 Å². The van der Waals surface area contributed by atoms with Gasteiger partial charge in [0.2, 0.25) is 0 Å². The normalized spacial score (nSPS) is 25.5. The number of ether oxygens (including phenoxy) is 6. The topological polar surface area (TPSA) is 124 Å². The highest BCUT2D eigenvalue weighted by Crippen LogP contribution is 2.40. The average molecular weight is 493 g/mol. The molecule has 3 rings (SSSR count). The van der Waals surface area contributed by atoms with E-state index in [4.69, 9.17) is 28.4 Å². The second-order valence-electron chi connectivity index (χ2n) is 9.30. The van der Waals surface area contributed by atoms with Gasteiger partial charge in [0.15, 0.2) is 18.2 Å². The van der Waals surface area contributed by atoms with Crippen molar-refractivity contribution in [1.82, 2.24) is 0 Å². The van der Waals surface area contributed by atoms with E-state index < -0.39 is 67.9 Å². The fourth-order valence-electron chi connectivity index (χ4n) is 3.91. The third-order valence-electron chi connectivity index (χ3n) is 5.43. The monoisotopic (exact) mass is 492 g/mol. The van der Waals surface area contributed by atoms with Gasteiger partial charge in [-0.25, -0.2) is 0 Å². The van der Waals surface area contributed by atoms with E-state index >= 15 is 0 Å². The standard InChI is InChI=1S/C25H32O10/c1-14-6-8-17(9-7-14)12-31-22-21(33-24-23(22)34-25(4,5)35-24)18(32-20(29)11-16(3)27)13-30-19(28)10-15(2)26/h6-9,18,21-24H,10-13H2,1-5H3/t18-,21-,22+,23-,24-/m1/s1. The zero-order valence-electron chi connectivity index (χ0n) is 20.6. The van der Waals surface area contributed by atoms with Crippen LogP contribution in [0.1, 0.15) is 51.7 Å². The number of fused-ring (bicyclic) bond motifs is 1. The Morgan fingerprint density at radius 2 is 1.60 bits per heavy atom. The van der Waals surface area contributed by atoms with Crippen molar-refractivity contribution in [3.05, 3.63) is 35.4 Å². The Bertz CT molecular complexity index is 938. The van der Waals surface area contributed by atoms with Crippen LogP contribution in [0.15, 0.2) is 24.3 Å². The summed E-state index contributed by atoms with van der Waals surface area (Å²) in [6.07, 6.45) is -5.10. The molecule has 0 unspecified atom stereocenters. The molecule has 10 nitrogen and oxygen atoms in total. The number of benzene rings is 1. The zero-order chi connectivity index (χ0) is 25.8. The Morgan fingerprint density at radius 1 is 0.971 bits per heavy atom. The van der Waals surface area contributed by atoms with Crippen LogP contribution >= 0.6 is 0 Å². The molecule has 2 heterocycles. The van der Waals surface area contributed by atoms with Crippen molar-refractivity contribution in [2.45, 2.75) is 90.6 Å². The molecule has 35 heavy (non-hydrogen) atoms. The first-order valence-corrected chi connectivity index (χ1v) is 11.5. The predicted molar refractivity (Wildman–Crippen MR) is 120 cm³/mol. The Labute approximate surface area is 204 Å².